The summed E-state index contributed by atoms with van der Waals surface area (Å²) in [5.41, 5.74) is 5.85. The summed E-state index contributed by atoms with van der Waals surface area (Å²) in [6.07, 6.45) is 4.44. The van der Waals surface area contributed by atoms with Crippen LogP contribution in [0.25, 0.3) is 6.08 Å². The highest BCUT2D eigenvalue weighted by atomic mass is 16.5. The van der Waals surface area contributed by atoms with Gasteiger partial charge < -0.3 is 9.64 Å². The molecule has 4 aromatic carbocycles. The smallest absolute Gasteiger partial charge is 0.150 e. The van der Waals surface area contributed by atoms with E-state index in [0.29, 0.717) is 12.2 Å². The summed E-state index contributed by atoms with van der Waals surface area (Å²) in [6, 6.07) is 36.4. The maximum absolute atomic E-state index is 11.1. The summed E-state index contributed by atoms with van der Waals surface area (Å²) in [5, 5.41) is 0. The van der Waals surface area contributed by atoms with Crippen LogP contribution in [0.3, 0.4) is 0 Å². The lowest BCUT2D eigenvalue weighted by atomic mass is 10.1. The molecule has 0 aliphatic rings. The number of benzene rings is 4. The quantitative estimate of drug-likeness (QED) is 0.230. The van der Waals surface area contributed by atoms with E-state index >= 15 is 0 Å². The second kappa shape index (κ2) is 10.1. The van der Waals surface area contributed by atoms with Gasteiger partial charge in [0.2, 0.25) is 0 Å². The maximum atomic E-state index is 11.1. The van der Waals surface area contributed by atoms with Crippen molar-refractivity contribution in [2.24, 2.45) is 0 Å². The zero-order valence-electron chi connectivity index (χ0n) is 17.1. The summed E-state index contributed by atoms with van der Waals surface area (Å²) in [6.45, 7) is 0.360. The van der Waals surface area contributed by atoms with Crippen LogP contribution in [0.4, 0.5) is 17.1 Å². The lowest BCUT2D eigenvalue weighted by molar-refractivity contribution is 0.112. The lowest BCUT2D eigenvalue weighted by Gasteiger charge is -2.25. The number of aldehydes is 1. The molecule has 3 nitrogen and oxygen atoms in total. The van der Waals surface area contributed by atoms with Crippen molar-refractivity contribution >= 4 is 29.4 Å². The summed E-state index contributed by atoms with van der Waals surface area (Å²) in [5.74, 6) is 0. The minimum absolute atomic E-state index is 0.360. The van der Waals surface area contributed by atoms with Gasteiger partial charge in [-0.05, 0) is 53.6 Å². The summed E-state index contributed by atoms with van der Waals surface area (Å²) >= 11 is 0. The molecule has 0 amide bonds. The molecule has 0 fully saturated rings. The summed E-state index contributed by atoms with van der Waals surface area (Å²) < 4.78 is 5.63. The Morgan fingerprint density at radius 1 is 0.645 bits per heavy atom. The molecule has 3 heteroatoms. The lowest BCUT2D eigenvalue weighted by Crippen LogP contribution is -2.09. The standard InChI is InChI=1S/C28H23NO2/c30-21-24-9-7-8-10-25(24)22-31-20-19-23-15-17-28(18-16-23)29(26-11-3-1-4-12-26)27-13-5-2-6-14-27/h1-21H,22H2. The van der Waals surface area contributed by atoms with Crippen LogP contribution in [-0.2, 0) is 11.3 Å². The second-order valence-corrected chi connectivity index (χ2v) is 7.03. The Morgan fingerprint density at radius 3 is 1.81 bits per heavy atom. The van der Waals surface area contributed by atoms with Crippen molar-refractivity contribution in [3.63, 3.8) is 0 Å². The average molecular weight is 405 g/mol. The molecule has 152 valence electrons. The van der Waals surface area contributed by atoms with Gasteiger partial charge >= 0.3 is 0 Å². The number of anilines is 3. The Bertz CT molecular complexity index is 1100. The van der Waals surface area contributed by atoms with Crippen LogP contribution in [0.1, 0.15) is 21.5 Å². The molecule has 4 rings (SSSR count). The molecule has 0 aliphatic carbocycles. The maximum Gasteiger partial charge on any atom is 0.150 e. The van der Waals surface area contributed by atoms with Gasteiger partial charge in [0.1, 0.15) is 12.9 Å². The van der Waals surface area contributed by atoms with Crippen LogP contribution in [0.5, 0.6) is 0 Å². The van der Waals surface area contributed by atoms with E-state index in [1.165, 1.54) is 0 Å². The monoisotopic (exact) mass is 405 g/mol. The van der Waals surface area contributed by atoms with Crippen molar-refractivity contribution in [1.29, 1.82) is 0 Å². The van der Waals surface area contributed by atoms with E-state index in [-0.39, 0.29) is 0 Å². The van der Waals surface area contributed by atoms with E-state index in [4.69, 9.17) is 4.74 Å². The first-order chi connectivity index (χ1) is 15.3. The first kappa shape index (κ1) is 20.2. The number of ether oxygens (including phenoxy) is 1. The van der Waals surface area contributed by atoms with Gasteiger partial charge in [-0.25, -0.2) is 0 Å². The van der Waals surface area contributed by atoms with Crippen LogP contribution >= 0.6 is 0 Å². The number of nitrogens with zero attached hydrogens (tertiary/aromatic N) is 1. The average Bonchev–Trinajstić information content (AvgIpc) is 2.84. The number of rotatable bonds is 8. The van der Waals surface area contributed by atoms with Crippen LogP contribution in [-0.4, -0.2) is 6.29 Å². The molecule has 0 saturated heterocycles. The van der Waals surface area contributed by atoms with E-state index < -0.39 is 0 Å². The zero-order chi connectivity index (χ0) is 21.3. The predicted octanol–water partition coefficient (Wildman–Crippen LogP) is 7.16. The Kier molecular flexibility index (Phi) is 6.56. The molecule has 0 aliphatic heterocycles. The van der Waals surface area contributed by atoms with Gasteiger partial charge in [0.25, 0.3) is 0 Å². The molecule has 0 unspecified atom stereocenters. The van der Waals surface area contributed by atoms with Gasteiger partial charge in [-0.2, -0.15) is 0 Å². The third-order valence-corrected chi connectivity index (χ3v) is 4.96. The van der Waals surface area contributed by atoms with Crippen molar-refractivity contribution in [3.05, 3.63) is 132 Å². The first-order valence-electron chi connectivity index (χ1n) is 10.2. The van der Waals surface area contributed by atoms with E-state index in [2.05, 4.69) is 53.4 Å². The minimum Gasteiger partial charge on any atom is -0.496 e. The van der Waals surface area contributed by atoms with Crippen molar-refractivity contribution in [2.75, 3.05) is 4.90 Å². The van der Waals surface area contributed by atoms with Gasteiger partial charge in [0.15, 0.2) is 0 Å². The number of para-hydroxylation sites is 2. The molecule has 31 heavy (non-hydrogen) atoms. The van der Waals surface area contributed by atoms with E-state index in [1.54, 1.807) is 12.3 Å². The zero-order valence-corrected chi connectivity index (χ0v) is 17.1. The molecule has 4 aromatic rings. The SMILES string of the molecule is O=Cc1ccccc1COC=Cc1ccc(N(c2ccccc2)c2ccccc2)cc1. The molecule has 0 N–H and O–H groups in total. The van der Waals surface area contributed by atoms with Gasteiger partial charge in [-0.1, -0.05) is 72.8 Å². The largest absolute Gasteiger partial charge is 0.496 e. The fourth-order valence-corrected chi connectivity index (χ4v) is 3.38. The van der Waals surface area contributed by atoms with Crippen molar-refractivity contribution in [2.45, 2.75) is 6.61 Å². The molecule has 0 spiro atoms. The van der Waals surface area contributed by atoms with Gasteiger partial charge in [-0.3, -0.25) is 4.79 Å². The normalized spacial score (nSPS) is 10.7. The Morgan fingerprint density at radius 2 is 1.19 bits per heavy atom. The van der Waals surface area contributed by atoms with Gasteiger partial charge in [0, 0.05) is 22.6 Å². The Labute approximate surface area is 182 Å². The van der Waals surface area contributed by atoms with E-state index in [1.807, 2.05) is 60.7 Å². The number of hydrogen-bond acceptors (Lipinski definition) is 3. The highest BCUT2D eigenvalue weighted by Crippen LogP contribution is 2.34. The van der Waals surface area contributed by atoms with Crippen molar-refractivity contribution in [1.82, 2.24) is 0 Å². The van der Waals surface area contributed by atoms with Crippen LogP contribution in [0, 0.1) is 0 Å². The Hall–Kier alpha value is -4.11. The molecular weight excluding hydrogens is 382 g/mol. The summed E-state index contributed by atoms with van der Waals surface area (Å²) in [7, 11) is 0. The van der Waals surface area contributed by atoms with Crippen LogP contribution in [0.15, 0.2) is 115 Å². The summed E-state index contributed by atoms with van der Waals surface area (Å²) in [4.78, 5) is 13.3. The number of carbonyl (C=O) groups is 1. The van der Waals surface area contributed by atoms with Crippen molar-refractivity contribution < 1.29 is 9.53 Å². The second-order valence-electron chi connectivity index (χ2n) is 7.03. The third kappa shape index (κ3) is 5.09. The Balaban J connectivity index is 1.48. The topological polar surface area (TPSA) is 29.5 Å². The molecule has 0 aromatic heterocycles. The van der Waals surface area contributed by atoms with Gasteiger partial charge in [-0.15, -0.1) is 0 Å². The fourth-order valence-electron chi connectivity index (χ4n) is 3.38. The molecule has 0 bridgehead atoms. The molecule has 0 atom stereocenters. The fraction of sp³-hybridized carbons (Fsp3) is 0.0357. The van der Waals surface area contributed by atoms with E-state index in [9.17, 15) is 4.79 Å². The van der Waals surface area contributed by atoms with E-state index in [0.717, 1.165) is 34.5 Å². The highest BCUT2D eigenvalue weighted by Gasteiger charge is 2.11. The van der Waals surface area contributed by atoms with Gasteiger partial charge in [0.05, 0.1) is 6.26 Å². The molecule has 0 saturated carbocycles. The first-order valence-corrected chi connectivity index (χ1v) is 10.2. The van der Waals surface area contributed by atoms with Crippen molar-refractivity contribution in [3.8, 4) is 0 Å². The molecular formula is C28H23NO2. The molecule has 0 radical (unpaired) electrons. The van der Waals surface area contributed by atoms with Crippen LogP contribution in [0.2, 0.25) is 0 Å². The number of hydrogen-bond donors (Lipinski definition) is 0. The predicted molar refractivity (Wildman–Crippen MR) is 127 cm³/mol. The number of carbonyl (C=O) groups excluding carboxylic acids is 1. The minimum atomic E-state index is 0.360. The third-order valence-electron chi connectivity index (χ3n) is 4.96. The van der Waals surface area contributed by atoms with Crippen LogP contribution < -0.4 is 4.90 Å². The molecule has 0 heterocycles. The highest BCUT2D eigenvalue weighted by molar-refractivity contribution is 5.77.